The zero-order valence-electron chi connectivity index (χ0n) is 12.2. The average Bonchev–Trinajstić information content (AvgIpc) is 2.35. The summed E-state index contributed by atoms with van der Waals surface area (Å²) in [6, 6.07) is 0. The fourth-order valence-electron chi connectivity index (χ4n) is 2.37. The van der Waals surface area contributed by atoms with Gasteiger partial charge in [0.15, 0.2) is 0 Å². The minimum atomic E-state index is -0.00779. The maximum Gasteiger partial charge on any atom is 0.309 e. The van der Waals surface area contributed by atoms with E-state index in [0.29, 0.717) is 0 Å². The van der Waals surface area contributed by atoms with Gasteiger partial charge in [-0.25, -0.2) is 0 Å². The van der Waals surface area contributed by atoms with Gasteiger partial charge in [0.25, 0.3) is 0 Å². The molecule has 1 saturated carbocycles. The highest BCUT2D eigenvalue weighted by atomic mass is 16.5. The van der Waals surface area contributed by atoms with Crippen molar-refractivity contribution in [3.8, 4) is 0 Å². The lowest BCUT2D eigenvalue weighted by atomic mass is 9.89. The van der Waals surface area contributed by atoms with Crippen LogP contribution < -0.4 is 5.32 Å². The Kier molecular flexibility index (Phi) is 7.33. The molecule has 1 fully saturated rings. The van der Waals surface area contributed by atoms with Crippen molar-refractivity contribution < 1.29 is 9.53 Å². The van der Waals surface area contributed by atoms with Crippen molar-refractivity contribution in [2.75, 3.05) is 13.1 Å². The van der Waals surface area contributed by atoms with Gasteiger partial charge in [-0.2, -0.15) is 0 Å². The molecule has 0 aliphatic heterocycles. The Morgan fingerprint density at radius 1 is 1.22 bits per heavy atom. The van der Waals surface area contributed by atoms with E-state index in [1.807, 2.05) is 6.92 Å². The Labute approximate surface area is 112 Å². The first-order valence-corrected chi connectivity index (χ1v) is 7.50. The van der Waals surface area contributed by atoms with Gasteiger partial charge in [-0.3, -0.25) is 4.79 Å². The molecule has 1 unspecified atom stereocenters. The molecule has 3 heteroatoms. The predicted molar refractivity (Wildman–Crippen MR) is 74.5 cm³/mol. The molecule has 18 heavy (non-hydrogen) atoms. The molecular formula is C15H29NO2. The largest absolute Gasteiger partial charge is 0.461 e. The topological polar surface area (TPSA) is 38.3 Å². The summed E-state index contributed by atoms with van der Waals surface area (Å²) in [5, 5.41) is 3.35. The summed E-state index contributed by atoms with van der Waals surface area (Å²) in [5.41, 5.74) is 0. The SMILES string of the molecule is CC(C)CCNCC(C)OC(=O)C1CCCCC1. The molecule has 0 saturated heterocycles. The van der Waals surface area contributed by atoms with E-state index in [1.165, 1.54) is 25.7 Å². The highest BCUT2D eigenvalue weighted by molar-refractivity contribution is 5.72. The molecule has 0 amide bonds. The molecule has 1 N–H and O–H groups in total. The Hall–Kier alpha value is -0.570. The summed E-state index contributed by atoms with van der Waals surface area (Å²) in [4.78, 5) is 11.9. The van der Waals surface area contributed by atoms with Gasteiger partial charge in [0.2, 0.25) is 0 Å². The molecule has 0 aromatic rings. The summed E-state index contributed by atoms with van der Waals surface area (Å²) in [6.07, 6.45) is 6.84. The molecule has 0 heterocycles. The first-order valence-electron chi connectivity index (χ1n) is 7.50. The summed E-state index contributed by atoms with van der Waals surface area (Å²) < 4.78 is 5.50. The molecule has 0 spiro atoms. The van der Waals surface area contributed by atoms with Crippen LogP contribution in [0.25, 0.3) is 0 Å². The molecule has 1 rings (SSSR count). The molecule has 0 aromatic heterocycles. The number of rotatable bonds is 7. The molecule has 106 valence electrons. The molecule has 0 aromatic carbocycles. The Morgan fingerprint density at radius 3 is 2.50 bits per heavy atom. The fourth-order valence-corrected chi connectivity index (χ4v) is 2.37. The normalized spacial score (nSPS) is 18.9. The second-order valence-corrected chi connectivity index (χ2v) is 5.97. The smallest absolute Gasteiger partial charge is 0.309 e. The number of nitrogens with one attached hydrogen (secondary N) is 1. The lowest BCUT2D eigenvalue weighted by molar-refractivity contribution is -0.154. The molecule has 0 bridgehead atoms. The predicted octanol–water partition coefficient (Wildman–Crippen LogP) is 3.13. The zero-order chi connectivity index (χ0) is 13.4. The van der Waals surface area contributed by atoms with Crippen molar-refractivity contribution in [1.29, 1.82) is 0 Å². The molecule has 1 aliphatic carbocycles. The Bertz CT molecular complexity index is 235. The van der Waals surface area contributed by atoms with E-state index >= 15 is 0 Å². The Balaban J connectivity index is 2.10. The summed E-state index contributed by atoms with van der Waals surface area (Å²) in [5.74, 6) is 0.905. The third-order valence-electron chi connectivity index (χ3n) is 3.59. The number of carbonyl (C=O) groups excluding carboxylic acids is 1. The number of hydrogen-bond donors (Lipinski definition) is 1. The third kappa shape index (κ3) is 6.39. The summed E-state index contributed by atoms with van der Waals surface area (Å²) in [7, 11) is 0. The van der Waals surface area contributed by atoms with Gasteiger partial charge in [-0.05, 0) is 38.6 Å². The number of esters is 1. The van der Waals surface area contributed by atoms with E-state index in [0.717, 1.165) is 31.8 Å². The van der Waals surface area contributed by atoms with Crippen LogP contribution in [0.1, 0.15) is 59.3 Å². The van der Waals surface area contributed by atoms with E-state index in [2.05, 4.69) is 19.2 Å². The van der Waals surface area contributed by atoms with Crippen molar-refractivity contribution in [1.82, 2.24) is 5.32 Å². The average molecular weight is 255 g/mol. The highest BCUT2D eigenvalue weighted by Gasteiger charge is 2.23. The van der Waals surface area contributed by atoms with Gasteiger partial charge < -0.3 is 10.1 Å². The van der Waals surface area contributed by atoms with Gasteiger partial charge in [0, 0.05) is 6.54 Å². The van der Waals surface area contributed by atoms with Crippen LogP contribution in [0.5, 0.6) is 0 Å². The zero-order valence-corrected chi connectivity index (χ0v) is 12.2. The maximum atomic E-state index is 11.9. The van der Waals surface area contributed by atoms with Gasteiger partial charge in [0.05, 0.1) is 5.92 Å². The van der Waals surface area contributed by atoms with Crippen molar-refractivity contribution in [2.45, 2.75) is 65.4 Å². The minimum Gasteiger partial charge on any atom is -0.461 e. The molecule has 1 atom stereocenters. The molecule has 3 nitrogen and oxygen atoms in total. The van der Waals surface area contributed by atoms with Crippen LogP contribution in [-0.2, 0) is 9.53 Å². The molecular weight excluding hydrogens is 226 g/mol. The quantitative estimate of drug-likeness (QED) is 0.561. The van der Waals surface area contributed by atoms with Crippen LogP contribution in [0.15, 0.2) is 0 Å². The minimum absolute atomic E-state index is 0.00779. The van der Waals surface area contributed by atoms with Crippen LogP contribution in [0.2, 0.25) is 0 Å². The Morgan fingerprint density at radius 2 is 1.89 bits per heavy atom. The summed E-state index contributed by atoms with van der Waals surface area (Å²) >= 11 is 0. The van der Waals surface area contributed by atoms with Gasteiger partial charge in [0.1, 0.15) is 6.10 Å². The van der Waals surface area contributed by atoms with Crippen LogP contribution in [0.4, 0.5) is 0 Å². The van der Waals surface area contributed by atoms with E-state index in [4.69, 9.17) is 4.74 Å². The third-order valence-corrected chi connectivity index (χ3v) is 3.59. The van der Waals surface area contributed by atoms with Crippen LogP contribution in [-0.4, -0.2) is 25.2 Å². The molecule has 1 aliphatic rings. The standard InChI is InChI=1S/C15H29NO2/c1-12(2)9-10-16-11-13(3)18-15(17)14-7-5-4-6-8-14/h12-14,16H,4-11H2,1-3H3. The van der Waals surface area contributed by atoms with E-state index in [-0.39, 0.29) is 18.0 Å². The lowest BCUT2D eigenvalue weighted by Crippen LogP contribution is -2.32. The first kappa shape index (κ1) is 15.5. The second-order valence-electron chi connectivity index (χ2n) is 5.97. The van der Waals surface area contributed by atoms with E-state index in [9.17, 15) is 4.79 Å². The van der Waals surface area contributed by atoms with E-state index < -0.39 is 0 Å². The van der Waals surface area contributed by atoms with Crippen molar-refractivity contribution >= 4 is 5.97 Å². The van der Waals surface area contributed by atoms with Gasteiger partial charge in [-0.15, -0.1) is 0 Å². The van der Waals surface area contributed by atoms with Crippen molar-refractivity contribution in [3.63, 3.8) is 0 Å². The first-order chi connectivity index (χ1) is 8.59. The van der Waals surface area contributed by atoms with Crippen molar-refractivity contribution in [3.05, 3.63) is 0 Å². The van der Waals surface area contributed by atoms with Crippen LogP contribution in [0.3, 0.4) is 0 Å². The number of ether oxygens (including phenoxy) is 1. The van der Waals surface area contributed by atoms with E-state index in [1.54, 1.807) is 0 Å². The summed E-state index contributed by atoms with van der Waals surface area (Å²) in [6.45, 7) is 8.18. The maximum absolute atomic E-state index is 11.9. The fraction of sp³-hybridized carbons (Fsp3) is 0.933. The van der Waals surface area contributed by atoms with Crippen LogP contribution in [0, 0.1) is 11.8 Å². The number of hydrogen-bond acceptors (Lipinski definition) is 3. The highest BCUT2D eigenvalue weighted by Crippen LogP contribution is 2.24. The van der Waals surface area contributed by atoms with Gasteiger partial charge in [-0.1, -0.05) is 33.1 Å². The van der Waals surface area contributed by atoms with Crippen molar-refractivity contribution in [2.24, 2.45) is 11.8 Å². The molecule has 0 radical (unpaired) electrons. The second kappa shape index (κ2) is 8.52. The monoisotopic (exact) mass is 255 g/mol. The van der Waals surface area contributed by atoms with Crippen LogP contribution >= 0.6 is 0 Å². The van der Waals surface area contributed by atoms with Gasteiger partial charge >= 0.3 is 5.97 Å². The number of carbonyl (C=O) groups is 1. The lowest BCUT2D eigenvalue weighted by Gasteiger charge is -2.22.